The van der Waals surface area contributed by atoms with Crippen LogP contribution in [0.1, 0.15) is 49.2 Å². The molecule has 0 saturated heterocycles. The molecule has 1 saturated carbocycles. The molecule has 0 spiro atoms. The molecular weight excluding hydrogens is 244 g/mol. The molecule has 104 valence electrons. The molecule has 1 N–H and O–H groups in total. The first-order chi connectivity index (χ1) is 8.91. The van der Waals surface area contributed by atoms with Crippen LogP contribution in [0, 0.1) is 19.8 Å². The van der Waals surface area contributed by atoms with Crippen molar-refractivity contribution in [2.75, 3.05) is 0 Å². The fourth-order valence-corrected chi connectivity index (χ4v) is 2.68. The van der Waals surface area contributed by atoms with Gasteiger partial charge in [-0.2, -0.15) is 4.98 Å². The first-order valence-corrected chi connectivity index (χ1v) is 6.72. The Labute approximate surface area is 112 Å². The molecular formula is C14H20N2O3. The maximum Gasteiger partial charge on any atom is 0.348 e. The predicted molar refractivity (Wildman–Crippen MR) is 71.4 cm³/mol. The molecule has 19 heavy (non-hydrogen) atoms. The second-order valence-corrected chi connectivity index (χ2v) is 5.39. The lowest BCUT2D eigenvalue weighted by Gasteiger charge is -2.20. The van der Waals surface area contributed by atoms with Crippen LogP contribution >= 0.6 is 0 Å². The van der Waals surface area contributed by atoms with Crippen LogP contribution in [0.15, 0.2) is 4.79 Å². The number of aromatic nitrogens is 2. The number of hydrogen-bond acceptors (Lipinski definition) is 3. The van der Waals surface area contributed by atoms with E-state index in [0.717, 1.165) is 24.1 Å². The number of carboxylic acid groups (broad SMARTS) is 1. The Morgan fingerprint density at radius 3 is 2.63 bits per heavy atom. The summed E-state index contributed by atoms with van der Waals surface area (Å²) in [6.45, 7) is 5.72. The van der Waals surface area contributed by atoms with Gasteiger partial charge in [0.1, 0.15) is 0 Å². The summed E-state index contributed by atoms with van der Waals surface area (Å²) in [5, 5.41) is 8.80. The van der Waals surface area contributed by atoms with Crippen molar-refractivity contribution in [3.8, 4) is 0 Å². The topological polar surface area (TPSA) is 72.2 Å². The third kappa shape index (κ3) is 2.85. The minimum Gasteiger partial charge on any atom is -0.481 e. The van der Waals surface area contributed by atoms with Crippen LogP contribution in [0.5, 0.6) is 0 Å². The highest BCUT2D eigenvalue weighted by Gasteiger charge is 2.31. The summed E-state index contributed by atoms with van der Waals surface area (Å²) in [5.41, 5.74) is 2.21. The highest BCUT2D eigenvalue weighted by molar-refractivity contribution is 5.67. The van der Waals surface area contributed by atoms with Crippen molar-refractivity contribution < 1.29 is 9.90 Å². The number of carbonyl (C=O) groups is 1. The lowest BCUT2D eigenvalue weighted by Crippen LogP contribution is -2.31. The van der Waals surface area contributed by atoms with Crippen molar-refractivity contribution in [1.82, 2.24) is 9.55 Å². The van der Waals surface area contributed by atoms with Crippen molar-refractivity contribution in [1.29, 1.82) is 0 Å². The third-order valence-corrected chi connectivity index (χ3v) is 4.00. The molecule has 1 atom stereocenters. The van der Waals surface area contributed by atoms with Gasteiger partial charge in [0.25, 0.3) is 0 Å². The molecule has 5 heteroatoms. The van der Waals surface area contributed by atoms with Crippen molar-refractivity contribution in [2.45, 2.75) is 52.5 Å². The lowest BCUT2D eigenvalue weighted by atomic mass is 10.1. The van der Waals surface area contributed by atoms with E-state index in [9.17, 15) is 9.59 Å². The van der Waals surface area contributed by atoms with E-state index < -0.39 is 5.97 Å². The van der Waals surface area contributed by atoms with E-state index in [1.807, 2.05) is 13.8 Å². The molecule has 1 aliphatic rings. The molecule has 0 radical (unpaired) electrons. The van der Waals surface area contributed by atoms with E-state index in [0.29, 0.717) is 18.0 Å². The smallest absolute Gasteiger partial charge is 0.348 e. The first-order valence-electron chi connectivity index (χ1n) is 6.72. The van der Waals surface area contributed by atoms with Crippen LogP contribution in [-0.4, -0.2) is 20.6 Å². The number of aliphatic carboxylic acids is 1. The number of aryl methyl sites for hydroxylation is 1. The summed E-state index contributed by atoms with van der Waals surface area (Å²) >= 11 is 0. The van der Waals surface area contributed by atoms with Gasteiger partial charge < -0.3 is 5.11 Å². The van der Waals surface area contributed by atoms with Crippen molar-refractivity contribution in [2.24, 2.45) is 5.92 Å². The molecule has 1 aromatic heterocycles. The zero-order valence-corrected chi connectivity index (χ0v) is 11.6. The van der Waals surface area contributed by atoms with Gasteiger partial charge in [0.2, 0.25) is 0 Å². The maximum atomic E-state index is 12.1. The van der Waals surface area contributed by atoms with E-state index in [1.54, 1.807) is 11.5 Å². The Bertz CT molecular complexity index is 559. The zero-order chi connectivity index (χ0) is 14.2. The van der Waals surface area contributed by atoms with E-state index in [-0.39, 0.29) is 18.2 Å². The Balaban J connectivity index is 2.40. The molecule has 1 aromatic rings. The summed E-state index contributed by atoms with van der Waals surface area (Å²) < 4.78 is 1.74. The van der Waals surface area contributed by atoms with Gasteiger partial charge >= 0.3 is 11.7 Å². The van der Waals surface area contributed by atoms with Gasteiger partial charge in [-0.15, -0.1) is 0 Å². The number of hydrogen-bond donors (Lipinski definition) is 1. The van der Waals surface area contributed by atoms with Gasteiger partial charge in [-0.1, -0.05) is 0 Å². The Kier molecular flexibility index (Phi) is 3.73. The second kappa shape index (κ2) is 5.15. The molecule has 1 unspecified atom stereocenters. The molecule has 1 fully saturated rings. The number of carboxylic acids is 1. The maximum absolute atomic E-state index is 12.1. The van der Waals surface area contributed by atoms with Crippen LogP contribution in [0.4, 0.5) is 0 Å². The second-order valence-electron chi connectivity index (χ2n) is 5.39. The van der Waals surface area contributed by atoms with Crippen LogP contribution in [-0.2, 0) is 11.2 Å². The highest BCUT2D eigenvalue weighted by Crippen LogP contribution is 2.39. The van der Waals surface area contributed by atoms with Crippen LogP contribution in [0.3, 0.4) is 0 Å². The molecule has 0 aliphatic heterocycles. The van der Waals surface area contributed by atoms with Crippen molar-refractivity contribution in [3.05, 3.63) is 27.4 Å². The van der Waals surface area contributed by atoms with Gasteiger partial charge in [-0.05, 0) is 51.5 Å². The van der Waals surface area contributed by atoms with Crippen molar-refractivity contribution >= 4 is 5.97 Å². The van der Waals surface area contributed by atoms with E-state index in [1.165, 1.54) is 0 Å². The van der Waals surface area contributed by atoms with E-state index in [2.05, 4.69) is 4.98 Å². The minimum atomic E-state index is -0.827. The van der Waals surface area contributed by atoms with Gasteiger partial charge in [0.05, 0.1) is 0 Å². The molecule has 1 aliphatic carbocycles. The summed E-state index contributed by atoms with van der Waals surface area (Å²) in [5.74, 6) is -0.264. The third-order valence-electron chi connectivity index (χ3n) is 4.00. The standard InChI is InChI=1S/C14H20N2O3/c1-8-12(6-7-13(17)18)10(3)16(14(19)15-8)9(2)11-4-5-11/h9,11H,4-7H2,1-3H3,(H,17,18). The minimum absolute atomic E-state index is 0.0688. The van der Waals surface area contributed by atoms with E-state index >= 15 is 0 Å². The summed E-state index contributed by atoms with van der Waals surface area (Å²) in [4.78, 5) is 26.8. The van der Waals surface area contributed by atoms with Gasteiger partial charge in [-0.25, -0.2) is 4.79 Å². The molecule has 2 rings (SSSR count). The quantitative estimate of drug-likeness (QED) is 0.881. The van der Waals surface area contributed by atoms with Gasteiger partial charge in [-0.3, -0.25) is 9.36 Å². The zero-order valence-electron chi connectivity index (χ0n) is 11.6. The Morgan fingerprint density at radius 2 is 2.11 bits per heavy atom. The highest BCUT2D eigenvalue weighted by atomic mass is 16.4. The van der Waals surface area contributed by atoms with Crippen LogP contribution in [0.2, 0.25) is 0 Å². The normalized spacial score (nSPS) is 16.4. The summed E-state index contributed by atoms with van der Waals surface area (Å²) in [7, 11) is 0. The largest absolute Gasteiger partial charge is 0.481 e. The number of nitrogens with zero attached hydrogens (tertiary/aromatic N) is 2. The van der Waals surface area contributed by atoms with Crippen molar-refractivity contribution in [3.63, 3.8) is 0 Å². The molecule has 5 nitrogen and oxygen atoms in total. The van der Waals surface area contributed by atoms with Crippen LogP contribution < -0.4 is 5.69 Å². The average molecular weight is 264 g/mol. The fourth-order valence-electron chi connectivity index (χ4n) is 2.68. The Hall–Kier alpha value is -1.65. The number of rotatable bonds is 5. The van der Waals surface area contributed by atoms with E-state index in [4.69, 9.17) is 5.11 Å². The molecule has 0 aromatic carbocycles. The first kappa shape index (κ1) is 13.8. The molecule has 0 bridgehead atoms. The Morgan fingerprint density at radius 1 is 1.47 bits per heavy atom. The summed E-state index contributed by atoms with van der Waals surface area (Å²) in [6.07, 6.45) is 2.81. The fraction of sp³-hybridized carbons (Fsp3) is 0.643. The monoisotopic (exact) mass is 264 g/mol. The predicted octanol–water partition coefficient (Wildman–Crippen LogP) is 1.85. The molecule has 1 heterocycles. The average Bonchev–Trinajstić information content (AvgIpc) is 3.10. The van der Waals surface area contributed by atoms with Gasteiger partial charge in [0, 0.05) is 23.9 Å². The van der Waals surface area contributed by atoms with Gasteiger partial charge in [0.15, 0.2) is 0 Å². The molecule has 0 amide bonds. The van der Waals surface area contributed by atoms with Crippen LogP contribution in [0.25, 0.3) is 0 Å². The lowest BCUT2D eigenvalue weighted by molar-refractivity contribution is -0.136. The SMILES string of the molecule is Cc1nc(=O)n(C(C)C2CC2)c(C)c1CCC(=O)O. The summed E-state index contributed by atoms with van der Waals surface area (Å²) in [6, 6.07) is 0.157.